The molecule has 1 aliphatic rings. The second kappa shape index (κ2) is 12.6. The van der Waals surface area contributed by atoms with Crippen molar-refractivity contribution >= 4 is 40.3 Å². The van der Waals surface area contributed by atoms with Crippen LogP contribution in [-0.4, -0.2) is 52.3 Å². The minimum atomic E-state index is -0.109. The summed E-state index contributed by atoms with van der Waals surface area (Å²) in [5, 5.41) is 4.92. The van der Waals surface area contributed by atoms with Crippen molar-refractivity contribution in [3.05, 3.63) is 94.5 Å². The maximum absolute atomic E-state index is 13.5. The van der Waals surface area contributed by atoms with Crippen LogP contribution in [0.1, 0.15) is 23.6 Å². The molecule has 0 aliphatic carbocycles. The predicted octanol–water partition coefficient (Wildman–Crippen LogP) is 6.71. The summed E-state index contributed by atoms with van der Waals surface area (Å²) >= 11 is 6.94. The molecular weight excluding hydrogens is 555 g/mol. The lowest BCUT2D eigenvalue weighted by atomic mass is 10.0. The highest BCUT2D eigenvalue weighted by molar-refractivity contribution is 8.26. The molecule has 0 saturated carbocycles. The number of benzene rings is 3. The lowest BCUT2D eigenvalue weighted by molar-refractivity contribution is -0.122. The van der Waals surface area contributed by atoms with Crippen LogP contribution in [0.2, 0.25) is 0 Å². The van der Waals surface area contributed by atoms with E-state index in [1.165, 1.54) is 11.8 Å². The van der Waals surface area contributed by atoms with Gasteiger partial charge in [-0.2, -0.15) is 5.10 Å². The van der Waals surface area contributed by atoms with E-state index in [4.69, 9.17) is 31.5 Å². The van der Waals surface area contributed by atoms with Crippen molar-refractivity contribution in [2.45, 2.75) is 20.3 Å². The number of thiocarbonyl (C=S) groups is 1. The Labute approximate surface area is 249 Å². The number of nitrogens with zero attached hydrogens (tertiary/aromatic N) is 3. The van der Waals surface area contributed by atoms with E-state index in [1.807, 2.05) is 91.5 Å². The molecule has 7 nitrogen and oxygen atoms in total. The minimum absolute atomic E-state index is 0.109. The molecule has 9 heteroatoms. The number of aromatic nitrogens is 2. The highest BCUT2D eigenvalue weighted by atomic mass is 32.2. The first-order valence-electron chi connectivity index (χ1n) is 13.3. The molecular formula is C32H31N3O4S2. The monoisotopic (exact) mass is 585 g/mol. The average molecular weight is 586 g/mol. The van der Waals surface area contributed by atoms with E-state index in [0.29, 0.717) is 40.3 Å². The fourth-order valence-electron chi connectivity index (χ4n) is 4.66. The third-order valence-electron chi connectivity index (χ3n) is 6.74. The lowest BCUT2D eigenvalue weighted by Gasteiger charge is -2.15. The predicted molar refractivity (Wildman–Crippen MR) is 168 cm³/mol. The largest absolute Gasteiger partial charge is 0.494 e. The molecule has 0 unspecified atom stereocenters. The number of thioether (sulfide) groups is 1. The van der Waals surface area contributed by atoms with Crippen LogP contribution in [-0.2, 0) is 11.2 Å². The van der Waals surface area contributed by atoms with E-state index in [-0.39, 0.29) is 5.91 Å². The number of carbonyl (C=O) groups excluding carboxylic acids is 1. The summed E-state index contributed by atoms with van der Waals surface area (Å²) in [4.78, 5) is 15.7. The molecule has 41 heavy (non-hydrogen) atoms. The van der Waals surface area contributed by atoms with Crippen LogP contribution in [0.25, 0.3) is 23.0 Å². The van der Waals surface area contributed by atoms with Gasteiger partial charge >= 0.3 is 0 Å². The molecule has 1 fully saturated rings. The van der Waals surface area contributed by atoms with Gasteiger partial charge in [-0.1, -0.05) is 48.2 Å². The number of para-hydroxylation sites is 1. The second-order valence-electron chi connectivity index (χ2n) is 9.40. The third kappa shape index (κ3) is 6.16. The fourth-order valence-corrected chi connectivity index (χ4v) is 5.95. The van der Waals surface area contributed by atoms with Crippen molar-refractivity contribution in [2.24, 2.45) is 0 Å². The third-order valence-corrected chi connectivity index (χ3v) is 8.12. The fraction of sp³-hybridized carbons (Fsp3) is 0.219. The van der Waals surface area contributed by atoms with Crippen LogP contribution < -0.4 is 14.2 Å². The summed E-state index contributed by atoms with van der Waals surface area (Å²) in [6, 6.07) is 21.7. The quantitative estimate of drug-likeness (QED) is 0.151. The van der Waals surface area contributed by atoms with Crippen LogP contribution in [0.5, 0.6) is 17.2 Å². The first kappa shape index (κ1) is 28.4. The number of amides is 1. The van der Waals surface area contributed by atoms with E-state index < -0.39 is 0 Å². The Kier molecular flexibility index (Phi) is 8.75. The summed E-state index contributed by atoms with van der Waals surface area (Å²) in [7, 11) is 3.22. The maximum atomic E-state index is 13.5. The Morgan fingerprint density at radius 2 is 1.73 bits per heavy atom. The molecule has 0 bridgehead atoms. The number of rotatable bonds is 10. The highest BCUT2D eigenvalue weighted by Gasteiger charge is 2.32. The van der Waals surface area contributed by atoms with Crippen LogP contribution in [0.15, 0.2) is 77.8 Å². The SMILES string of the molecule is CCOc1ccc(-c2nn(-c3ccccc3)cc2/C=C2\SC(=S)N(CCc3ccc(OC)c(OC)c3)C2=O)cc1C. The van der Waals surface area contributed by atoms with Gasteiger partial charge in [0.25, 0.3) is 5.91 Å². The Morgan fingerprint density at radius 1 is 0.976 bits per heavy atom. The zero-order valence-electron chi connectivity index (χ0n) is 23.4. The van der Waals surface area contributed by atoms with Crippen molar-refractivity contribution in [3.8, 4) is 34.2 Å². The van der Waals surface area contributed by atoms with Gasteiger partial charge in [-0.05, 0) is 79.9 Å². The van der Waals surface area contributed by atoms with Crippen molar-refractivity contribution in [3.63, 3.8) is 0 Å². The van der Waals surface area contributed by atoms with E-state index in [2.05, 4.69) is 6.07 Å². The van der Waals surface area contributed by atoms with E-state index >= 15 is 0 Å². The highest BCUT2D eigenvalue weighted by Crippen LogP contribution is 2.36. The Hall–Kier alpha value is -4.08. The number of hydrogen-bond donors (Lipinski definition) is 0. The summed E-state index contributed by atoms with van der Waals surface area (Å²) in [5.41, 5.74) is 5.52. The first-order valence-corrected chi connectivity index (χ1v) is 14.5. The van der Waals surface area contributed by atoms with Crippen molar-refractivity contribution < 1.29 is 19.0 Å². The Bertz CT molecular complexity index is 1610. The zero-order valence-corrected chi connectivity index (χ0v) is 25.1. The molecule has 0 atom stereocenters. The van der Waals surface area contributed by atoms with Gasteiger partial charge in [-0.25, -0.2) is 4.68 Å². The van der Waals surface area contributed by atoms with Crippen LogP contribution >= 0.6 is 24.0 Å². The molecule has 4 aromatic rings. The maximum Gasteiger partial charge on any atom is 0.266 e. The Balaban J connectivity index is 1.44. The summed E-state index contributed by atoms with van der Waals surface area (Å²) in [6.45, 7) is 5.05. The molecule has 3 aromatic carbocycles. The van der Waals surface area contributed by atoms with Crippen molar-refractivity contribution in [1.82, 2.24) is 14.7 Å². The molecule has 0 radical (unpaired) electrons. The molecule has 210 valence electrons. The van der Waals surface area contributed by atoms with Crippen molar-refractivity contribution in [2.75, 3.05) is 27.4 Å². The number of carbonyl (C=O) groups is 1. The number of ether oxygens (including phenoxy) is 3. The number of aryl methyl sites for hydroxylation is 1. The number of hydrogen-bond acceptors (Lipinski definition) is 7. The van der Waals surface area contributed by atoms with Crippen LogP contribution in [0, 0.1) is 6.92 Å². The lowest BCUT2D eigenvalue weighted by Crippen LogP contribution is -2.30. The standard InChI is InChI=1S/C32H31N3O4S2/c1-5-39-26-14-12-23(17-21(26)2)30-24(20-35(33-30)25-9-7-6-8-10-25)19-29-31(36)34(32(40)41-29)16-15-22-11-13-27(37-3)28(18-22)38-4/h6-14,17-20H,5,15-16H2,1-4H3/b29-19-. The molecule has 0 N–H and O–H groups in total. The van der Waals surface area contributed by atoms with Crippen LogP contribution in [0.4, 0.5) is 0 Å². The van der Waals surface area contributed by atoms with Gasteiger partial charge in [0.1, 0.15) is 15.8 Å². The van der Waals surface area contributed by atoms with Gasteiger partial charge in [-0.15, -0.1) is 0 Å². The molecule has 0 spiro atoms. The van der Waals surface area contributed by atoms with Gasteiger partial charge in [0, 0.05) is 23.9 Å². The summed E-state index contributed by atoms with van der Waals surface area (Å²) in [5.74, 6) is 2.06. The topological polar surface area (TPSA) is 65.8 Å². The molecule has 1 saturated heterocycles. The minimum Gasteiger partial charge on any atom is -0.494 e. The van der Waals surface area contributed by atoms with Crippen LogP contribution in [0.3, 0.4) is 0 Å². The van der Waals surface area contributed by atoms with E-state index in [1.54, 1.807) is 19.1 Å². The molecule has 5 rings (SSSR count). The smallest absolute Gasteiger partial charge is 0.266 e. The van der Waals surface area contributed by atoms with E-state index in [9.17, 15) is 4.79 Å². The number of methoxy groups -OCH3 is 2. The molecule has 2 heterocycles. The van der Waals surface area contributed by atoms with Gasteiger partial charge < -0.3 is 14.2 Å². The second-order valence-corrected chi connectivity index (χ2v) is 11.1. The summed E-state index contributed by atoms with van der Waals surface area (Å²) < 4.78 is 18.9. The van der Waals surface area contributed by atoms with E-state index in [0.717, 1.165) is 39.4 Å². The van der Waals surface area contributed by atoms with Gasteiger partial charge in [0.05, 0.1) is 31.4 Å². The molecule has 1 aliphatic heterocycles. The average Bonchev–Trinajstić information content (AvgIpc) is 3.53. The first-order chi connectivity index (χ1) is 19.9. The van der Waals surface area contributed by atoms with Gasteiger partial charge in [-0.3, -0.25) is 9.69 Å². The van der Waals surface area contributed by atoms with Gasteiger partial charge in [0.15, 0.2) is 11.5 Å². The Morgan fingerprint density at radius 3 is 2.44 bits per heavy atom. The molecule has 1 amide bonds. The zero-order chi connectivity index (χ0) is 28.9. The van der Waals surface area contributed by atoms with Gasteiger partial charge in [0.2, 0.25) is 0 Å². The summed E-state index contributed by atoms with van der Waals surface area (Å²) in [6.07, 6.45) is 4.47. The molecule has 1 aromatic heterocycles. The van der Waals surface area contributed by atoms with Crippen molar-refractivity contribution in [1.29, 1.82) is 0 Å². The normalized spacial score (nSPS) is 14.1.